The Morgan fingerprint density at radius 1 is 1.50 bits per heavy atom. The summed E-state index contributed by atoms with van der Waals surface area (Å²) >= 11 is 3.09. The van der Waals surface area contributed by atoms with Gasteiger partial charge in [0.1, 0.15) is 5.60 Å². The van der Waals surface area contributed by atoms with E-state index >= 15 is 0 Å². The quantitative estimate of drug-likeness (QED) is 0.852. The van der Waals surface area contributed by atoms with E-state index in [1.807, 2.05) is 30.7 Å². The Morgan fingerprint density at radius 3 is 2.79 bits per heavy atom. The largest absolute Gasteiger partial charge is 0.380 e. The molecule has 74 valence electrons. The predicted octanol–water partition coefficient (Wildman–Crippen LogP) is 2.77. The first-order chi connectivity index (χ1) is 6.62. The Balaban J connectivity index is 2.48. The first-order valence-corrected chi connectivity index (χ1v) is 6.10. The molecule has 0 aliphatic rings. The van der Waals surface area contributed by atoms with E-state index < -0.39 is 5.60 Å². The Bertz CT molecular complexity index is 417. The molecule has 0 fully saturated rings. The van der Waals surface area contributed by atoms with Crippen molar-refractivity contribution in [2.45, 2.75) is 19.4 Å². The van der Waals surface area contributed by atoms with Gasteiger partial charge in [0.15, 0.2) is 0 Å². The zero-order valence-corrected chi connectivity index (χ0v) is 9.65. The number of thiophene rings is 1. The van der Waals surface area contributed by atoms with Crippen molar-refractivity contribution in [2.24, 2.45) is 0 Å². The first kappa shape index (κ1) is 9.83. The molecule has 0 amide bonds. The third kappa shape index (κ3) is 1.49. The highest BCUT2D eigenvalue weighted by Gasteiger charge is 2.29. The van der Waals surface area contributed by atoms with Crippen LogP contribution in [0, 0.1) is 6.92 Å². The number of nitrogens with zero attached hydrogens (tertiary/aromatic N) is 1. The van der Waals surface area contributed by atoms with Crippen molar-refractivity contribution >= 4 is 22.7 Å². The van der Waals surface area contributed by atoms with E-state index in [1.54, 1.807) is 16.8 Å². The van der Waals surface area contributed by atoms with Gasteiger partial charge in [0.2, 0.25) is 0 Å². The zero-order chi connectivity index (χ0) is 10.2. The number of hydrogen-bond donors (Lipinski definition) is 1. The molecule has 1 N–H and O–H groups in total. The summed E-state index contributed by atoms with van der Waals surface area (Å²) in [4.78, 5) is 5.08. The van der Waals surface area contributed by atoms with Gasteiger partial charge in [-0.25, -0.2) is 4.98 Å². The second kappa shape index (κ2) is 3.46. The lowest BCUT2D eigenvalue weighted by Crippen LogP contribution is -2.21. The maximum absolute atomic E-state index is 10.4. The lowest BCUT2D eigenvalue weighted by Gasteiger charge is -2.21. The van der Waals surface area contributed by atoms with Gasteiger partial charge in [-0.1, -0.05) is 0 Å². The van der Waals surface area contributed by atoms with Crippen molar-refractivity contribution < 1.29 is 5.11 Å². The summed E-state index contributed by atoms with van der Waals surface area (Å²) in [5.74, 6) is 0. The van der Waals surface area contributed by atoms with Crippen molar-refractivity contribution in [1.82, 2.24) is 4.98 Å². The molecule has 2 nitrogen and oxygen atoms in total. The van der Waals surface area contributed by atoms with Gasteiger partial charge in [0, 0.05) is 0 Å². The maximum Gasteiger partial charge on any atom is 0.124 e. The van der Waals surface area contributed by atoms with Gasteiger partial charge in [-0.2, -0.15) is 11.3 Å². The zero-order valence-electron chi connectivity index (χ0n) is 8.02. The van der Waals surface area contributed by atoms with Crippen LogP contribution < -0.4 is 0 Å². The molecule has 2 heterocycles. The van der Waals surface area contributed by atoms with E-state index in [-0.39, 0.29) is 0 Å². The number of aromatic nitrogens is 1. The highest BCUT2D eigenvalue weighted by Crippen LogP contribution is 2.34. The van der Waals surface area contributed by atoms with E-state index in [0.29, 0.717) is 0 Å². The third-order valence-electron chi connectivity index (χ3n) is 2.27. The van der Waals surface area contributed by atoms with E-state index in [1.165, 1.54) is 11.3 Å². The molecule has 4 heteroatoms. The van der Waals surface area contributed by atoms with Crippen LogP contribution in [0.15, 0.2) is 22.3 Å². The highest BCUT2D eigenvalue weighted by atomic mass is 32.1. The monoisotopic (exact) mass is 225 g/mol. The molecule has 0 aromatic carbocycles. The summed E-state index contributed by atoms with van der Waals surface area (Å²) in [6.45, 7) is 3.74. The standard InChI is InChI=1S/C10H11NOS2/c1-7-9(14-6-11-7)10(2,12)8-3-4-13-5-8/h3-6,12H,1-2H3. The number of aryl methyl sites for hydroxylation is 1. The molecule has 14 heavy (non-hydrogen) atoms. The lowest BCUT2D eigenvalue weighted by atomic mass is 9.96. The van der Waals surface area contributed by atoms with Crippen LogP contribution in [0.5, 0.6) is 0 Å². The van der Waals surface area contributed by atoms with Crippen LogP contribution in [0.2, 0.25) is 0 Å². The molecule has 2 aromatic rings. The van der Waals surface area contributed by atoms with Gasteiger partial charge in [-0.05, 0) is 36.2 Å². The molecule has 1 atom stereocenters. The second-order valence-corrected chi connectivity index (χ2v) is 4.99. The molecule has 1 unspecified atom stereocenters. The molecule has 0 spiro atoms. The van der Waals surface area contributed by atoms with Crippen molar-refractivity contribution in [1.29, 1.82) is 0 Å². The fourth-order valence-electron chi connectivity index (χ4n) is 1.44. The molecule has 0 bridgehead atoms. The molecule has 0 aliphatic carbocycles. The Kier molecular flexibility index (Phi) is 2.43. The Labute approximate surface area is 90.9 Å². The SMILES string of the molecule is Cc1ncsc1C(C)(O)c1ccsc1. The summed E-state index contributed by atoms with van der Waals surface area (Å²) in [6, 6.07) is 1.95. The topological polar surface area (TPSA) is 33.1 Å². The van der Waals surface area contributed by atoms with Crippen molar-refractivity contribution in [3.8, 4) is 0 Å². The van der Waals surface area contributed by atoms with E-state index in [9.17, 15) is 5.11 Å². The predicted molar refractivity (Wildman–Crippen MR) is 59.8 cm³/mol. The Morgan fingerprint density at radius 2 is 2.29 bits per heavy atom. The minimum absolute atomic E-state index is 0.898. The van der Waals surface area contributed by atoms with Crippen LogP contribution in [-0.4, -0.2) is 10.1 Å². The second-order valence-electron chi connectivity index (χ2n) is 3.35. The van der Waals surface area contributed by atoms with Crippen LogP contribution in [0.3, 0.4) is 0 Å². The summed E-state index contributed by atoms with van der Waals surface area (Å²) in [5.41, 5.74) is 2.72. The normalized spacial score (nSPS) is 15.4. The molecular formula is C10H11NOS2. The van der Waals surface area contributed by atoms with Crippen LogP contribution in [0.4, 0.5) is 0 Å². The fourth-order valence-corrected chi connectivity index (χ4v) is 3.09. The summed E-state index contributed by atoms with van der Waals surface area (Å²) < 4.78 is 0. The summed E-state index contributed by atoms with van der Waals surface area (Å²) in [7, 11) is 0. The van der Waals surface area contributed by atoms with E-state index in [2.05, 4.69) is 4.98 Å². The van der Waals surface area contributed by atoms with Crippen LogP contribution in [0.1, 0.15) is 23.1 Å². The maximum atomic E-state index is 10.4. The number of hydrogen-bond acceptors (Lipinski definition) is 4. The van der Waals surface area contributed by atoms with Crippen molar-refractivity contribution in [3.05, 3.63) is 38.5 Å². The highest BCUT2D eigenvalue weighted by molar-refractivity contribution is 7.10. The van der Waals surface area contributed by atoms with Crippen LogP contribution >= 0.6 is 22.7 Å². The average Bonchev–Trinajstić information content (AvgIpc) is 2.72. The third-order valence-corrected chi connectivity index (χ3v) is 4.09. The molecule has 0 aliphatic heterocycles. The fraction of sp³-hybridized carbons (Fsp3) is 0.300. The molecule has 2 rings (SSSR count). The van der Waals surface area contributed by atoms with Gasteiger partial charge >= 0.3 is 0 Å². The van der Waals surface area contributed by atoms with Crippen LogP contribution in [-0.2, 0) is 5.60 Å². The van der Waals surface area contributed by atoms with Gasteiger partial charge in [0.05, 0.1) is 16.1 Å². The number of rotatable bonds is 2. The molecular weight excluding hydrogens is 214 g/mol. The molecule has 0 saturated heterocycles. The van der Waals surface area contributed by atoms with Crippen LogP contribution in [0.25, 0.3) is 0 Å². The van der Waals surface area contributed by atoms with Crippen molar-refractivity contribution in [3.63, 3.8) is 0 Å². The number of aliphatic hydroxyl groups is 1. The van der Waals surface area contributed by atoms with E-state index in [0.717, 1.165) is 16.1 Å². The van der Waals surface area contributed by atoms with E-state index in [4.69, 9.17) is 0 Å². The minimum Gasteiger partial charge on any atom is -0.380 e. The summed E-state index contributed by atoms with van der Waals surface area (Å²) in [6.07, 6.45) is 0. The van der Waals surface area contributed by atoms with Gasteiger partial charge < -0.3 is 5.11 Å². The molecule has 0 radical (unpaired) electrons. The first-order valence-electron chi connectivity index (χ1n) is 4.28. The number of thiazole rings is 1. The average molecular weight is 225 g/mol. The minimum atomic E-state index is -0.898. The molecule has 0 saturated carbocycles. The molecule has 2 aromatic heterocycles. The smallest absolute Gasteiger partial charge is 0.124 e. The lowest BCUT2D eigenvalue weighted by molar-refractivity contribution is 0.106. The van der Waals surface area contributed by atoms with Crippen molar-refractivity contribution in [2.75, 3.05) is 0 Å². The summed E-state index contributed by atoms with van der Waals surface area (Å²) in [5, 5.41) is 14.3. The van der Waals surface area contributed by atoms with Gasteiger partial charge in [0.25, 0.3) is 0 Å². The van der Waals surface area contributed by atoms with Gasteiger partial charge in [-0.15, -0.1) is 11.3 Å². The Hall–Kier alpha value is -0.710. The van der Waals surface area contributed by atoms with Gasteiger partial charge in [-0.3, -0.25) is 0 Å².